The van der Waals surface area contributed by atoms with Crippen LogP contribution in [0.1, 0.15) is 44.9 Å². The second kappa shape index (κ2) is 8.22. The van der Waals surface area contributed by atoms with Crippen LogP contribution in [-0.4, -0.2) is 24.7 Å². The van der Waals surface area contributed by atoms with E-state index in [9.17, 15) is 4.79 Å². The van der Waals surface area contributed by atoms with Gasteiger partial charge in [0.15, 0.2) is 11.5 Å². The number of methoxy groups -OCH3 is 1. The van der Waals surface area contributed by atoms with E-state index >= 15 is 0 Å². The second-order valence-electron chi connectivity index (χ2n) is 7.60. The standard InChI is InChI=1S/C24H26N2O4/c1-15-7-5-8-18-9-6-12-26(23(15)18)24(27)19-10-11-21(22(13-19)28-4)29-14-20-16(2)25-30-17(20)3/h5,7-8,10-11,13H,6,9,12,14H2,1-4H3. The van der Waals surface area contributed by atoms with Crippen molar-refractivity contribution in [3.05, 3.63) is 70.1 Å². The smallest absolute Gasteiger partial charge is 0.258 e. The maximum Gasteiger partial charge on any atom is 0.258 e. The topological polar surface area (TPSA) is 64.8 Å². The highest BCUT2D eigenvalue weighted by Crippen LogP contribution is 2.34. The number of hydrogen-bond donors (Lipinski definition) is 0. The molecule has 6 heteroatoms. The molecule has 0 saturated heterocycles. The third-order valence-corrected chi connectivity index (χ3v) is 5.63. The first-order valence-electron chi connectivity index (χ1n) is 10.1. The first-order valence-corrected chi connectivity index (χ1v) is 10.1. The number of fused-ring (bicyclic) bond motifs is 1. The summed E-state index contributed by atoms with van der Waals surface area (Å²) in [6, 6.07) is 11.5. The molecule has 4 rings (SSSR count). The number of aryl methyl sites for hydroxylation is 4. The van der Waals surface area contributed by atoms with E-state index in [1.165, 1.54) is 5.56 Å². The Hall–Kier alpha value is -3.28. The average molecular weight is 406 g/mol. The Labute approximate surface area is 176 Å². The van der Waals surface area contributed by atoms with Crippen molar-refractivity contribution in [2.45, 2.75) is 40.2 Å². The lowest BCUT2D eigenvalue weighted by Crippen LogP contribution is -2.36. The molecule has 0 fully saturated rings. The highest BCUT2D eigenvalue weighted by Gasteiger charge is 2.26. The minimum Gasteiger partial charge on any atom is -0.493 e. The molecule has 0 saturated carbocycles. The Bertz CT molecular complexity index is 1070. The predicted molar refractivity (Wildman–Crippen MR) is 114 cm³/mol. The molecular formula is C24H26N2O4. The van der Waals surface area contributed by atoms with Gasteiger partial charge in [-0.1, -0.05) is 23.4 Å². The van der Waals surface area contributed by atoms with Gasteiger partial charge in [-0.05, 0) is 62.9 Å². The largest absolute Gasteiger partial charge is 0.493 e. The van der Waals surface area contributed by atoms with E-state index in [1.54, 1.807) is 25.3 Å². The molecule has 1 aliphatic rings. The Morgan fingerprint density at radius 2 is 2.00 bits per heavy atom. The van der Waals surface area contributed by atoms with Crippen LogP contribution in [0.3, 0.4) is 0 Å². The summed E-state index contributed by atoms with van der Waals surface area (Å²) in [5.74, 6) is 1.80. The monoisotopic (exact) mass is 406 g/mol. The predicted octanol–water partition coefficient (Wildman–Crippen LogP) is 4.78. The van der Waals surface area contributed by atoms with Gasteiger partial charge in [0.05, 0.1) is 24.1 Å². The first kappa shape index (κ1) is 20.0. The van der Waals surface area contributed by atoms with Crippen molar-refractivity contribution < 1.29 is 18.8 Å². The summed E-state index contributed by atoms with van der Waals surface area (Å²) in [6.45, 7) is 6.83. The van der Waals surface area contributed by atoms with E-state index in [0.717, 1.165) is 41.1 Å². The van der Waals surface area contributed by atoms with E-state index in [4.69, 9.17) is 14.0 Å². The van der Waals surface area contributed by atoms with Crippen LogP contribution in [0.25, 0.3) is 0 Å². The van der Waals surface area contributed by atoms with Crippen LogP contribution in [0.4, 0.5) is 5.69 Å². The zero-order valence-corrected chi connectivity index (χ0v) is 17.8. The number of rotatable bonds is 5. The van der Waals surface area contributed by atoms with Crippen LogP contribution in [0.5, 0.6) is 11.5 Å². The van der Waals surface area contributed by atoms with E-state index in [-0.39, 0.29) is 5.91 Å². The lowest BCUT2D eigenvalue weighted by Gasteiger charge is -2.31. The summed E-state index contributed by atoms with van der Waals surface area (Å²) in [4.78, 5) is 15.2. The molecular weight excluding hydrogens is 380 g/mol. The molecule has 0 atom stereocenters. The summed E-state index contributed by atoms with van der Waals surface area (Å²) in [5.41, 5.74) is 5.67. The number of carbonyl (C=O) groups is 1. The summed E-state index contributed by atoms with van der Waals surface area (Å²) in [7, 11) is 1.58. The van der Waals surface area contributed by atoms with Crippen molar-refractivity contribution in [2.75, 3.05) is 18.6 Å². The Balaban J connectivity index is 1.58. The fourth-order valence-electron chi connectivity index (χ4n) is 3.98. The van der Waals surface area contributed by atoms with Crippen molar-refractivity contribution in [3.8, 4) is 11.5 Å². The van der Waals surface area contributed by atoms with E-state index < -0.39 is 0 Å². The molecule has 0 radical (unpaired) electrons. The van der Waals surface area contributed by atoms with Gasteiger partial charge in [-0.3, -0.25) is 4.79 Å². The molecule has 1 amide bonds. The van der Waals surface area contributed by atoms with Crippen molar-refractivity contribution in [1.29, 1.82) is 0 Å². The van der Waals surface area contributed by atoms with Crippen LogP contribution >= 0.6 is 0 Å². The number of aromatic nitrogens is 1. The number of nitrogens with zero attached hydrogens (tertiary/aromatic N) is 2. The minimum absolute atomic E-state index is 0.0270. The molecule has 0 aliphatic carbocycles. The molecule has 2 aromatic carbocycles. The van der Waals surface area contributed by atoms with E-state index in [1.807, 2.05) is 18.7 Å². The fourth-order valence-corrected chi connectivity index (χ4v) is 3.98. The van der Waals surface area contributed by atoms with Crippen molar-refractivity contribution in [1.82, 2.24) is 5.16 Å². The SMILES string of the molecule is COc1cc(C(=O)N2CCCc3cccc(C)c32)ccc1OCc1c(C)noc1C. The van der Waals surface area contributed by atoms with E-state index in [2.05, 4.69) is 30.3 Å². The van der Waals surface area contributed by atoms with Gasteiger partial charge in [-0.25, -0.2) is 0 Å². The number of carbonyl (C=O) groups excluding carboxylic acids is 1. The molecule has 3 aromatic rings. The highest BCUT2D eigenvalue weighted by atomic mass is 16.5. The number of hydrogen-bond acceptors (Lipinski definition) is 5. The lowest BCUT2D eigenvalue weighted by atomic mass is 9.97. The molecule has 0 spiro atoms. The summed E-state index contributed by atoms with van der Waals surface area (Å²) in [6.07, 6.45) is 1.95. The third kappa shape index (κ3) is 3.65. The van der Waals surface area contributed by atoms with Gasteiger partial charge in [-0.2, -0.15) is 0 Å². The maximum absolute atomic E-state index is 13.3. The molecule has 6 nitrogen and oxygen atoms in total. The second-order valence-corrected chi connectivity index (χ2v) is 7.60. The number of para-hydroxylation sites is 1. The Morgan fingerprint density at radius 3 is 2.73 bits per heavy atom. The highest BCUT2D eigenvalue weighted by molar-refractivity contribution is 6.07. The number of benzene rings is 2. The Kier molecular flexibility index (Phi) is 5.48. The molecule has 2 heterocycles. The zero-order valence-electron chi connectivity index (χ0n) is 17.8. The summed E-state index contributed by atoms with van der Waals surface area (Å²) >= 11 is 0. The van der Waals surface area contributed by atoms with Gasteiger partial charge in [0.25, 0.3) is 5.91 Å². The first-order chi connectivity index (χ1) is 14.5. The summed E-state index contributed by atoms with van der Waals surface area (Å²) in [5, 5.41) is 3.95. The van der Waals surface area contributed by atoms with Gasteiger partial charge in [0.2, 0.25) is 0 Å². The molecule has 0 bridgehead atoms. The number of amides is 1. The summed E-state index contributed by atoms with van der Waals surface area (Å²) < 4.78 is 16.6. The van der Waals surface area contributed by atoms with Crippen molar-refractivity contribution in [2.24, 2.45) is 0 Å². The van der Waals surface area contributed by atoms with Gasteiger partial charge >= 0.3 is 0 Å². The van der Waals surface area contributed by atoms with Crippen LogP contribution in [-0.2, 0) is 13.0 Å². The molecule has 30 heavy (non-hydrogen) atoms. The van der Waals surface area contributed by atoms with Crippen LogP contribution in [0, 0.1) is 20.8 Å². The maximum atomic E-state index is 13.3. The van der Waals surface area contributed by atoms with Crippen LogP contribution in [0.15, 0.2) is 40.9 Å². The third-order valence-electron chi connectivity index (χ3n) is 5.63. The lowest BCUT2D eigenvalue weighted by molar-refractivity contribution is 0.0984. The van der Waals surface area contributed by atoms with Crippen molar-refractivity contribution >= 4 is 11.6 Å². The van der Waals surface area contributed by atoms with Crippen molar-refractivity contribution in [3.63, 3.8) is 0 Å². The van der Waals surface area contributed by atoms with Gasteiger partial charge in [-0.15, -0.1) is 0 Å². The van der Waals surface area contributed by atoms with Gasteiger partial charge < -0.3 is 18.9 Å². The molecule has 0 N–H and O–H groups in total. The Morgan fingerprint density at radius 1 is 1.17 bits per heavy atom. The van der Waals surface area contributed by atoms with Gasteiger partial charge in [0, 0.05) is 12.1 Å². The molecule has 156 valence electrons. The number of anilines is 1. The zero-order chi connectivity index (χ0) is 21.3. The van der Waals surface area contributed by atoms with Crippen LogP contribution in [0.2, 0.25) is 0 Å². The minimum atomic E-state index is -0.0270. The molecule has 1 aromatic heterocycles. The molecule has 0 unspecified atom stereocenters. The van der Waals surface area contributed by atoms with Gasteiger partial charge in [0.1, 0.15) is 12.4 Å². The normalized spacial score (nSPS) is 13.1. The quantitative estimate of drug-likeness (QED) is 0.610. The van der Waals surface area contributed by atoms with E-state index in [0.29, 0.717) is 30.2 Å². The average Bonchev–Trinajstić information content (AvgIpc) is 3.08. The van der Waals surface area contributed by atoms with Crippen LogP contribution < -0.4 is 14.4 Å². The molecule has 1 aliphatic heterocycles. The fraction of sp³-hybridized carbons (Fsp3) is 0.333. The number of ether oxygens (including phenoxy) is 2.